The van der Waals surface area contributed by atoms with E-state index in [2.05, 4.69) is 5.32 Å². The third kappa shape index (κ3) is 5.12. The van der Waals surface area contributed by atoms with Crippen molar-refractivity contribution < 1.29 is 34.8 Å². The van der Waals surface area contributed by atoms with Gasteiger partial charge in [0, 0.05) is 0 Å². The van der Waals surface area contributed by atoms with Crippen molar-refractivity contribution in [2.75, 3.05) is 13.2 Å². The van der Waals surface area contributed by atoms with Crippen molar-refractivity contribution in [3.63, 3.8) is 0 Å². The summed E-state index contributed by atoms with van der Waals surface area (Å²) in [5.74, 6) is -0.806. The van der Waals surface area contributed by atoms with Gasteiger partial charge in [0.2, 0.25) is 0 Å². The summed E-state index contributed by atoms with van der Waals surface area (Å²) in [5.41, 5.74) is 0. The minimum atomic E-state index is -1.93. The zero-order chi connectivity index (χ0) is 15.8. The molecule has 0 aliphatic heterocycles. The molecule has 1 amide bonds. The standard InChI is InChI=1S/C13H17NO7/c15-6-9(11(18)12(19)10(17)7-16)14-13(20)21-8-4-2-1-3-5-8/h1-5,9-10,12,15-17,19H,6-7H2,(H,14,20)/t9-,10+,12+/m0/s1. The van der Waals surface area contributed by atoms with Gasteiger partial charge in [0.25, 0.3) is 0 Å². The number of carbonyl (C=O) groups is 2. The Morgan fingerprint density at radius 1 is 1.10 bits per heavy atom. The molecule has 116 valence electrons. The van der Waals surface area contributed by atoms with E-state index < -0.39 is 43.3 Å². The van der Waals surface area contributed by atoms with Crippen LogP contribution in [0.5, 0.6) is 5.75 Å². The van der Waals surface area contributed by atoms with Gasteiger partial charge in [-0.3, -0.25) is 4.79 Å². The van der Waals surface area contributed by atoms with Gasteiger partial charge in [-0.2, -0.15) is 0 Å². The molecule has 0 fully saturated rings. The van der Waals surface area contributed by atoms with Crippen LogP contribution in [0.2, 0.25) is 0 Å². The second-order valence-electron chi connectivity index (χ2n) is 4.18. The van der Waals surface area contributed by atoms with Gasteiger partial charge in [-0.1, -0.05) is 18.2 Å². The van der Waals surface area contributed by atoms with E-state index in [0.29, 0.717) is 0 Å². The molecule has 0 aliphatic rings. The fourth-order valence-electron chi connectivity index (χ4n) is 1.47. The summed E-state index contributed by atoms with van der Waals surface area (Å²) in [4.78, 5) is 23.3. The van der Waals surface area contributed by atoms with E-state index in [1.807, 2.05) is 0 Å². The summed E-state index contributed by atoms with van der Waals surface area (Å²) >= 11 is 0. The SMILES string of the molecule is O=C(N[C@@H](CO)C(=O)[C@H](O)[C@H](O)CO)Oc1ccccc1. The van der Waals surface area contributed by atoms with Crippen LogP contribution in [0.15, 0.2) is 30.3 Å². The van der Waals surface area contributed by atoms with Crippen LogP contribution in [0.4, 0.5) is 4.79 Å². The maximum atomic E-state index is 11.7. The van der Waals surface area contributed by atoms with Crippen LogP contribution in [0.3, 0.4) is 0 Å². The van der Waals surface area contributed by atoms with E-state index in [-0.39, 0.29) is 5.75 Å². The number of para-hydroxylation sites is 1. The number of aliphatic hydroxyl groups excluding tert-OH is 4. The number of rotatable bonds is 7. The number of carbonyl (C=O) groups excluding carboxylic acids is 2. The second-order valence-corrected chi connectivity index (χ2v) is 4.18. The molecule has 0 bridgehead atoms. The second kappa shape index (κ2) is 8.32. The third-order valence-electron chi connectivity index (χ3n) is 2.61. The molecule has 5 N–H and O–H groups in total. The van der Waals surface area contributed by atoms with Gasteiger partial charge in [0.05, 0.1) is 13.2 Å². The molecule has 0 saturated heterocycles. The first kappa shape index (κ1) is 17.1. The monoisotopic (exact) mass is 299 g/mol. The molecule has 0 saturated carbocycles. The summed E-state index contributed by atoms with van der Waals surface area (Å²) in [6.07, 6.45) is -4.62. The number of nitrogens with one attached hydrogen (secondary N) is 1. The predicted molar refractivity (Wildman–Crippen MR) is 70.6 cm³/mol. The van der Waals surface area contributed by atoms with Crippen molar-refractivity contribution in [2.45, 2.75) is 18.2 Å². The van der Waals surface area contributed by atoms with Crippen LogP contribution in [-0.2, 0) is 4.79 Å². The lowest BCUT2D eigenvalue weighted by Crippen LogP contribution is -2.51. The van der Waals surface area contributed by atoms with Crippen LogP contribution < -0.4 is 10.1 Å². The Kier molecular flexibility index (Phi) is 6.76. The summed E-state index contributed by atoms with van der Waals surface area (Å²) in [6.45, 7) is -1.63. The van der Waals surface area contributed by atoms with Crippen LogP contribution in [0.25, 0.3) is 0 Å². The lowest BCUT2D eigenvalue weighted by molar-refractivity contribution is -0.137. The number of ketones is 1. The molecule has 0 aromatic heterocycles. The molecule has 0 aliphatic carbocycles. The number of benzene rings is 1. The molecule has 8 nitrogen and oxygen atoms in total. The van der Waals surface area contributed by atoms with Crippen LogP contribution >= 0.6 is 0 Å². The van der Waals surface area contributed by atoms with Crippen molar-refractivity contribution in [2.24, 2.45) is 0 Å². The van der Waals surface area contributed by atoms with Crippen molar-refractivity contribution >= 4 is 11.9 Å². The number of amides is 1. The number of ether oxygens (including phenoxy) is 1. The topological polar surface area (TPSA) is 136 Å². The summed E-state index contributed by atoms with van der Waals surface area (Å²) in [5, 5.41) is 38.4. The number of Topliss-reactive ketones (excluding diaryl/α,β-unsaturated/α-hetero) is 1. The van der Waals surface area contributed by atoms with Crippen LogP contribution in [0.1, 0.15) is 0 Å². The van der Waals surface area contributed by atoms with Crippen LogP contribution in [-0.4, -0.2) is 63.8 Å². The van der Waals surface area contributed by atoms with Crippen molar-refractivity contribution in [1.82, 2.24) is 5.32 Å². The minimum Gasteiger partial charge on any atom is -0.410 e. The molecule has 1 aromatic rings. The van der Waals surface area contributed by atoms with E-state index in [4.69, 9.17) is 20.1 Å². The van der Waals surface area contributed by atoms with E-state index >= 15 is 0 Å². The van der Waals surface area contributed by atoms with E-state index in [1.54, 1.807) is 18.2 Å². The van der Waals surface area contributed by atoms with Gasteiger partial charge >= 0.3 is 6.09 Å². The molecule has 21 heavy (non-hydrogen) atoms. The zero-order valence-corrected chi connectivity index (χ0v) is 11.0. The minimum absolute atomic E-state index is 0.232. The Morgan fingerprint density at radius 3 is 2.24 bits per heavy atom. The largest absolute Gasteiger partial charge is 0.413 e. The highest BCUT2D eigenvalue weighted by Gasteiger charge is 2.31. The van der Waals surface area contributed by atoms with Crippen molar-refractivity contribution in [3.8, 4) is 5.75 Å². The zero-order valence-electron chi connectivity index (χ0n) is 11.0. The lowest BCUT2D eigenvalue weighted by atomic mass is 10.0. The number of hydrogen-bond acceptors (Lipinski definition) is 7. The van der Waals surface area contributed by atoms with Gasteiger partial charge in [-0.25, -0.2) is 4.79 Å². The first-order chi connectivity index (χ1) is 9.99. The Labute approximate surface area is 120 Å². The summed E-state index contributed by atoms with van der Waals surface area (Å²) < 4.78 is 4.86. The molecular weight excluding hydrogens is 282 g/mol. The average molecular weight is 299 g/mol. The first-order valence-electron chi connectivity index (χ1n) is 6.14. The molecule has 0 radical (unpaired) electrons. The van der Waals surface area contributed by atoms with Gasteiger partial charge in [0.15, 0.2) is 5.78 Å². The van der Waals surface area contributed by atoms with Gasteiger partial charge < -0.3 is 30.5 Å². The maximum Gasteiger partial charge on any atom is 0.413 e. The molecule has 0 unspecified atom stereocenters. The fourth-order valence-corrected chi connectivity index (χ4v) is 1.47. The Morgan fingerprint density at radius 2 is 1.71 bits per heavy atom. The Bertz CT molecular complexity index is 465. The Balaban J connectivity index is 2.61. The summed E-state index contributed by atoms with van der Waals surface area (Å²) in [7, 11) is 0. The molecule has 0 spiro atoms. The fraction of sp³-hybridized carbons (Fsp3) is 0.385. The predicted octanol–water partition coefficient (Wildman–Crippen LogP) is -1.58. The quantitative estimate of drug-likeness (QED) is 0.410. The van der Waals surface area contributed by atoms with Crippen LogP contribution in [0, 0.1) is 0 Å². The summed E-state index contributed by atoms with van der Waals surface area (Å²) in [6, 6.07) is 6.56. The number of hydrogen-bond donors (Lipinski definition) is 5. The van der Waals surface area contributed by atoms with Gasteiger partial charge in [-0.15, -0.1) is 0 Å². The van der Waals surface area contributed by atoms with Crippen molar-refractivity contribution in [3.05, 3.63) is 30.3 Å². The van der Waals surface area contributed by atoms with Gasteiger partial charge in [-0.05, 0) is 12.1 Å². The smallest absolute Gasteiger partial charge is 0.410 e. The Hall–Kier alpha value is -2.00. The maximum absolute atomic E-state index is 11.7. The average Bonchev–Trinajstić information content (AvgIpc) is 2.51. The highest BCUT2D eigenvalue weighted by atomic mass is 16.6. The molecule has 0 heterocycles. The van der Waals surface area contributed by atoms with E-state index in [0.717, 1.165) is 0 Å². The highest BCUT2D eigenvalue weighted by Crippen LogP contribution is 2.08. The first-order valence-corrected chi connectivity index (χ1v) is 6.14. The molecule has 1 aromatic carbocycles. The third-order valence-corrected chi connectivity index (χ3v) is 2.61. The molecule has 8 heteroatoms. The highest BCUT2D eigenvalue weighted by molar-refractivity contribution is 5.91. The van der Waals surface area contributed by atoms with E-state index in [1.165, 1.54) is 12.1 Å². The molecular formula is C13H17NO7. The molecule has 1 rings (SSSR count). The lowest BCUT2D eigenvalue weighted by Gasteiger charge is -2.20. The van der Waals surface area contributed by atoms with Gasteiger partial charge in [0.1, 0.15) is 24.0 Å². The number of aliphatic hydroxyl groups is 4. The molecule has 3 atom stereocenters. The normalized spacial score (nSPS) is 14.9. The van der Waals surface area contributed by atoms with Crippen molar-refractivity contribution in [1.29, 1.82) is 0 Å². The van der Waals surface area contributed by atoms with E-state index in [9.17, 15) is 14.7 Å².